The number of H-pyrrole nitrogens is 1. The van der Waals surface area contributed by atoms with E-state index in [2.05, 4.69) is 36.4 Å². The summed E-state index contributed by atoms with van der Waals surface area (Å²) in [5, 5.41) is 28.9. The third-order valence-electron chi connectivity index (χ3n) is 9.05. The number of nitrogens with one attached hydrogen (secondary N) is 5. The average Bonchev–Trinajstić information content (AvgIpc) is 3.60. The Hall–Kier alpha value is -5.02. The minimum atomic E-state index is -1.22. The molecular weight excluding hydrogens is 697 g/mol. The molecule has 4 amide bonds. The summed E-state index contributed by atoms with van der Waals surface area (Å²) in [4.78, 5) is 54.5. The van der Waals surface area contributed by atoms with E-state index in [0.717, 1.165) is 11.1 Å². The van der Waals surface area contributed by atoms with Crippen LogP contribution < -0.4 is 30.7 Å². The maximum absolute atomic E-state index is 14.0. The van der Waals surface area contributed by atoms with Gasteiger partial charge in [0.15, 0.2) is 18.1 Å². The molecule has 5 rings (SSSR count). The first kappa shape index (κ1) is 41.7. The number of amides is 4. The molecule has 2 aliphatic heterocycles. The molecule has 3 heterocycles. The number of fused-ring (bicyclic) bond motifs is 23. The van der Waals surface area contributed by atoms with Crippen molar-refractivity contribution in [3.05, 3.63) is 65.6 Å². The number of hydrogen-bond acceptors (Lipinski definition) is 9. The van der Waals surface area contributed by atoms with E-state index >= 15 is 0 Å². The molecule has 0 saturated carbocycles. The summed E-state index contributed by atoms with van der Waals surface area (Å²) in [5.74, 6) is -1.22. The van der Waals surface area contributed by atoms with Crippen molar-refractivity contribution in [2.45, 2.75) is 84.0 Å². The summed E-state index contributed by atoms with van der Waals surface area (Å²) in [6.07, 6.45) is 3.24. The van der Waals surface area contributed by atoms with E-state index in [1.807, 2.05) is 19.9 Å². The molecular formula is C39H54FN7O7. The van der Waals surface area contributed by atoms with Crippen molar-refractivity contribution in [3.8, 4) is 22.8 Å². The Morgan fingerprint density at radius 2 is 1.72 bits per heavy atom. The topological polar surface area (TPSA) is 187 Å². The molecule has 0 saturated heterocycles. The van der Waals surface area contributed by atoms with Gasteiger partial charge in [-0.1, -0.05) is 32.0 Å². The van der Waals surface area contributed by atoms with E-state index in [1.165, 1.54) is 26.2 Å². The molecule has 3 aromatic rings. The highest BCUT2D eigenvalue weighted by atomic mass is 19.1. The molecule has 54 heavy (non-hydrogen) atoms. The monoisotopic (exact) mass is 751 g/mol. The van der Waals surface area contributed by atoms with E-state index in [4.69, 9.17) is 9.47 Å². The first-order chi connectivity index (χ1) is 25.9. The van der Waals surface area contributed by atoms with Gasteiger partial charge in [-0.15, -0.1) is 0 Å². The number of aromatic nitrogens is 2. The number of aromatic amines is 1. The lowest BCUT2D eigenvalue weighted by molar-refractivity contribution is -0.134. The molecule has 14 nitrogen and oxygen atoms in total. The highest BCUT2D eigenvalue weighted by Gasteiger charge is 2.30. The average molecular weight is 752 g/mol. The molecule has 6 N–H and O–H groups in total. The summed E-state index contributed by atoms with van der Waals surface area (Å²) in [6.45, 7) is 7.54. The zero-order chi connectivity index (χ0) is 39.0. The second-order valence-corrected chi connectivity index (χ2v) is 14.0. The summed E-state index contributed by atoms with van der Waals surface area (Å²) in [7, 11) is 1.49. The molecule has 3 atom stereocenters. The normalized spacial score (nSPS) is 20.0. The number of aliphatic hydroxyl groups is 1. The number of halogens is 1. The predicted molar refractivity (Wildman–Crippen MR) is 201 cm³/mol. The van der Waals surface area contributed by atoms with E-state index in [0.29, 0.717) is 87.6 Å². The van der Waals surface area contributed by atoms with Crippen molar-refractivity contribution >= 4 is 23.6 Å². The van der Waals surface area contributed by atoms with Crippen LogP contribution in [0, 0.1) is 11.7 Å². The first-order valence-electron chi connectivity index (χ1n) is 18.6. The molecule has 0 unspecified atom stereocenters. The third-order valence-corrected chi connectivity index (χ3v) is 9.05. The van der Waals surface area contributed by atoms with Crippen molar-refractivity contribution in [1.29, 1.82) is 0 Å². The quantitative estimate of drug-likeness (QED) is 0.198. The zero-order valence-corrected chi connectivity index (χ0v) is 31.6. The second kappa shape index (κ2) is 21.0. The van der Waals surface area contributed by atoms with Crippen LogP contribution in [0.5, 0.6) is 11.5 Å². The molecule has 2 aliphatic rings. The largest absolute Gasteiger partial charge is 0.493 e. The molecule has 2 aromatic carbocycles. The summed E-state index contributed by atoms with van der Waals surface area (Å²) in [5.41, 5.74) is 3.07. The molecule has 2 bridgehead atoms. The predicted octanol–water partition coefficient (Wildman–Crippen LogP) is 2.85. The van der Waals surface area contributed by atoms with Gasteiger partial charge in [-0.3, -0.25) is 29.2 Å². The standard InChI is InChI=1S/C39H54FN7O7/c1-25(2)19-31-38(51)45-36(26(3)48)39(52)42-15-5-6-17-47(23-29-22-43-46-37(29)28-9-7-10-30(40)21-28)18-8-16-41-35(50)24-54-32-13-11-27(20-33(32)53-4)12-14-34(49)44-31/h7,9-11,13,20-22,25-26,31,36,48H,5-6,8,12,14-19,23-24H2,1-4H3,(H,41,50)(H,42,52)(H,43,46)(H,44,49)(H,45,51)/t26-,31-,36+/m1/s1. The van der Waals surface area contributed by atoms with Gasteiger partial charge >= 0.3 is 0 Å². The van der Waals surface area contributed by atoms with Crippen LogP contribution in [-0.2, 0) is 32.1 Å². The molecule has 0 aliphatic carbocycles. The van der Waals surface area contributed by atoms with Crippen molar-refractivity contribution in [1.82, 2.24) is 36.4 Å². The van der Waals surface area contributed by atoms with Gasteiger partial charge < -0.3 is 35.8 Å². The Kier molecular flexibility index (Phi) is 16.2. The number of carbonyl (C=O) groups is 4. The Morgan fingerprint density at radius 1 is 0.944 bits per heavy atom. The SMILES string of the molecule is COc1cc2ccc1OCC(=O)NCCCN(Cc1cn[nH]c1-c1cccc(F)c1)CCCCNC(=O)[C@H]([C@@H](C)O)NC(=O)[C@@H](CC(C)C)NC(=O)CC2. The highest BCUT2D eigenvalue weighted by Crippen LogP contribution is 2.29. The van der Waals surface area contributed by atoms with Crippen LogP contribution in [0.15, 0.2) is 48.7 Å². The van der Waals surface area contributed by atoms with Crippen molar-refractivity contribution in [3.63, 3.8) is 0 Å². The Morgan fingerprint density at radius 3 is 2.46 bits per heavy atom. The van der Waals surface area contributed by atoms with Gasteiger partial charge in [-0.2, -0.15) is 5.10 Å². The van der Waals surface area contributed by atoms with E-state index in [9.17, 15) is 28.7 Å². The lowest BCUT2D eigenvalue weighted by atomic mass is 10.0. The number of nitrogens with zero attached hydrogens (tertiary/aromatic N) is 2. The van der Waals surface area contributed by atoms with Crippen LogP contribution in [0.3, 0.4) is 0 Å². The summed E-state index contributed by atoms with van der Waals surface area (Å²) >= 11 is 0. The van der Waals surface area contributed by atoms with Crippen molar-refractivity contribution < 1.29 is 38.1 Å². The number of methoxy groups -OCH3 is 1. The summed E-state index contributed by atoms with van der Waals surface area (Å²) < 4.78 is 25.3. The fourth-order valence-electron chi connectivity index (χ4n) is 6.22. The molecule has 294 valence electrons. The number of hydrogen-bond donors (Lipinski definition) is 6. The lowest BCUT2D eigenvalue weighted by Crippen LogP contribution is -2.57. The van der Waals surface area contributed by atoms with Crippen LogP contribution in [0.1, 0.15) is 64.0 Å². The van der Waals surface area contributed by atoms with Crippen LogP contribution in [0.25, 0.3) is 11.3 Å². The molecule has 0 radical (unpaired) electrons. The van der Waals surface area contributed by atoms with Gasteiger partial charge in [0.2, 0.25) is 17.7 Å². The minimum Gasteiger partial charge on any atom is -0.493 e. The fourth-order valence-corrected chi connectivity index (χ4v) is 6.22. The van der Waals surface area contributed by atoms with Gasteiger partial charge in [-0.25, -0.2) is 4.39 Å². The number of carbonyl (C=O) groups excluding carboxylic acids is 4. The van der Waals surface area contributed by atoms with E-state index in [1.54, 1.807) is 30.5 Å². The van der Waals surface area contributed by atoms with Gasteiger partial charge in [0, 0.05) is 43.7 Å². The smallest absolute Gasteiger partial charge is 0.257 e. The van der Waals surface area contributed by atoms with Gasteiger partial charge in [0.1, 0.15) is 17.9 Å². The number of aliphatic hydroxyl groups excluding tert-OH is 1. The van der Waals surface area contributed by atoms with Crippen molar-refractivity contribution in [2.75, 3.05) is 39.9 Å². The maximum Gasteiger partial charge on any atom is 0.257 e. The third kappa shape index (κ3) is 13.1. The van der Waals surface area contributed by atoms with Crippen LogP contribution >= 0.6 is 0 Å². The number of rotatable bonds is 7. The summed E-state index contributed by atoms with van der Waals surface area (Å²) in [6, 6.07) is 9.37. The first-order valence-corrected chi connectivity index (χ1v) is 18.6. The van der Waals surface area contributed by atoms with E-state index < -0.39 is 30.0 Å². The minimum absolute atomic E-state index is 0.0556. The Labute approximate surface area is 315 Å². The fraction of sp³-hybridized carbons (Fsp3) is 0.513. The maximum atomic E-state index is 14.0. The van der Waals surface area contributed by atoms with Gasteiger partial charge in [-0.05, 0) is 81.3 Å². The van der Waals surface area contributed by atoms with Crippen LogP contribution in [-0.4, -0.2) is 102 Å². The molecule has 1 aromatic heterocycles. The molecule has 15 heteroatoms. The van der Waals surface area contributed by atoms with Crippen molar-refractivity contribution in [2.24, 2.45) is 5.92 Å². The molecule has 0 fully saturated rings. The highest BCUT2D eigenvalue weighted by molar-refractivity contribution is 5.92. The second-order valence-electron chi connectivity index (χ2n) is 14.0. The van der Waals surface area contributed by atoms with E-state index in [-0.39, 0.29) is 36.6 Å². The van der Waals surface area contributed by atoms with Gasteiger partial charge in [0.25, 0.3) is 5.91 Å². The Balaban J connectivity index is 1.50. The Bertz CT molecular complexity index is 1700. The molecule has 0 spiro atoms. The lowest BCUT2D eigenvalue weighted by Gasteiger charge is -2.26. The zero-order valence-electron chi connectivity index (χ0n) is 31.6. The van der Waals surface area contributed by atoms with Gasteiger partial charge in [0.05, 0.1) is 25.1 Å². The van der Waals surface area contributed by atoms with Crippen LogP contribution in [0.4, 0.5) is 4.39 Å². The number of aryl methyl sites for hydroxylation is 1. The van der Waals surface area contributed by atoms with Crippen LogP contribution in [0.2, 0.25) is 0 Å². The number of benzene rings is 2. The number of ether oxygens (including phenoxy) is 2.